The Bertz CT molecular complexity index is 286. The Hall–Kier alpha value is -0.980. The molecule has 0 radical (unpaired) electrons. The average Bonchev–Trinajstić information content (AvgIpc) is 2.46. The number of carbonyl (C=O) groups is 1. The summed E-state index contributed by atoms with van der Waals surface area (Å²) in [7, 11) is 0. The minimum atomic E-state index is -4.36. The van der Waals surface area contributed by atoms with E-state index >= 15 is 0 Å². The fourth-order valence-electron chi connectivity index (χ4n) is 1.66. The lowest BCUT2D eigenvalue weighted by Gasteiger charge is -2.25. The molecular weight excluding hydrogens is 237 g/mol. The Morgan fingerprint density at radius 2 is 1.94 bits per heavy atom. The first-order valence-electron chi connectivity index (χ1n) is 5.39. The van der Waals surface area contributed by atoms with E-state index < -0.39 is 30.0 Å². The van der Waals surface area contributed by atoms with Gasteiger partial charge in [0.1, 0.15) is 11.6 Å². The van der Waals surface area contributed by atoms with Crippen LogP contribution in [0.25, 0.3) is 0 Å². The van der Waals surface area contributed by atoms with E-state index in [4.69, 9.17) is 4.74 Å². The number of halogens is 3. The van der Waals surface area contributed by atoms with Crippen LogP contribution in [0.1, 0.15) is 27.2 Å². The number of nitrogens with one attached hydrogen (secondary N) is 2. The van der Waals surface area contributed by atoms with E-state index in [0.29, 0.717) is 0 Å². The number of alkyl carbamates (subject to hydrolysis) is 1. The molecule has 1 rings (SSSR count). The van der Waals surface area contributed by atoms with Crippen LogP contribution in [0.4, 0.5) is 18.0 Å². The minimum Gasteiger partial charge on any atom is -0.444 e. The van der Waals surface area contributed by atoms with Crippen LogP contribution in [-0.4, -0.2) is 36.5 Å². The summed E-state index contributed by atoms with van der Waals surface area (Å²) < 4.78 is 42.5. The molecular formula is C10H17F3N2O2. The topological polar surface area (TPSA) is 50.4 Å². The maximum absolute atomic E-state index is 12.5. The van der Waals surface area contributed by atoms with Gasteiger partial charge in [-0.3, -0.25) is 0 Å². The third kappa shape index (κ3) is 4.41. The quantitative estimate of drug-likeness (QED) is 0.750. The highest BCUT2D eigenvalue weighted by molar-refractivity contribution is 5.68. The zero-order valence-electron chi connectivity index (χ0n) is 10.0. The lowest BCUT2D eigenvalue weighted by molar-refractivity contribution is -0.156. The molecule has 0 aromatic heterocycles. The van der Waals surface area contributed by atoms with Crippen molar-refractivity contribution in [1.29, 1.82) is 0 Å². The van der Waals surface area contributed by atoms with E-state index in [-0.39, 0.29) is 13.0 Å². The molecule has 0 aromatic carbocycles. The van der Waals surface area contributed by atoms with Crippen molar-refractivity contribution >= 4 is 6.09 Å². The summed E-state index contributed by atoms with van der Waals surface area (Å²) in [6.07, 6.45) is -4.94. The highest BCUT2D eigenvalue weighted by Crippen LogP contribution is 2.26. The van der Waals surface area contributed by atoms with Crippen LogP contribution < -0.4 is 10.6 Å². The molecule has 0 saturated carbocycles. The molecule has 1 saturated heterocycles. The van der Waals surface area contributed by atoms with Crippen LogP contribution in [0.5, 0.6) is 0 Å². The summed E-state index contributed by atoms with van der Waals surface area (Å²) in [5.74, 6) is 0. The maximum Gasteiger partial charge on any atom is 0.407 e. The molecule has 1 amide bonds. The monoisotopic (exact) mass is 254 g/mol. The number of ether oxygens (including phenoxy) is 1. The fraction of sp³-hybridized carbons (Fsp3) is 0.900. The van der Waals surface area contributed by atoms with Crippen LogP contribution in [0.2, 0.25) is 0 Å². The maximum atomic E-state index is 12.5. The van der Waals surface area contributed by atoms with Gasteiger partial charge in [0.2, 0.25) is 0 Å². The SMILES string of the molecule is CC(C)(C)OC(=O)N[C@@H]1CCN[C@H]1C(F)(F)F. The van der Waals surface area contributed by atoms with Gasteiger partial charge >= 0.3 is 12.3 Å². The zero-order valence-corrected chi connectivity index (χ0v) is 10.0. The van der Waals surface area contributed by atoms with Crippen molar-refractivity contribution in [3.63, 3.8) is 0 Å². The molecule has 2 N–H and O–H groups in total. The third-order valence-corrected chi connectivity index (χ3v) is 2.28. The first-order chi connectivity index (χ1) is 7.59. The highest BCUT2D eigenvalue weighted by Gasteiger charge is 2.47. The van der Waals surface area contributed by atoms with Gasteiger partial charge in [0, 0.05) is 0 Å². The minimum absolute atomic E-state index is 0.227. The van der Waals surface area contributed by atoms with Crippen molar-refractivity contribution < 1.29 is 22.7 Å². The van der Waals surface area contributed by atoms with Crippen molar-refractivity contribution in [1.82, 2.24) is 10.6 Å². The number of amides is 1. The molecule has 0 bridgehead atoms. The van der Waals surface area contributed by atoms with Crippen molar-refractivity contribution in [2.45, 2.75) is 51.1 Å². The molecule has 1 heterocycles. The van der Waals surface area contributed by atoms with Gasteiger partial charge in [-0.2, -0.15) is 13.2 Å². The Kier molecular flexibility index (Phi) is 3.91. The van der Waals surface area contributed by atoms with E-state index in [1.807, 2.05) is 0 Å². The summed E-state index contributed by atoms with van der Waals surface area (Å²) in [5, 5.41) is 4.57. The van der Waals surface area contributed by atoms with Crippen LogP contribution in [0.3, 0.4) is 0 Å². The zero-order chi connectivity index (χ0) is 13.3. The van der Waals surface area contributed by atoms with Crippen molar-refractivity contribution in [2.75, 3.05) is 6.54 Å². The molecule has 1 aliphatic rings. The van der Waals surface area contributed by atoms with Gasteiger partial charge in [-0.25, -0.2) is 4.79 Å². The molecule has 0 spiro atoms. The Labute approximate surface area is 97.9 Å². The summed E-state index contributed by atoms with van der Waals surface area (Å²) in [6.45, 7) is 5.19. The number of hydrogen-bond donors (Lipinski definition) is 2. The van der Waals surface area contributed by atoms with E-state index in [1.165, 1.54) is 0 Å². The van der Waals surface area contributed by atoms with Crippen LogP contribution in [0, 0.1) is 0 Å². The van der Waals surface area contributed by atoms with Crippen LogP contribution in [0.15, 0.2) is 0 Å². The van der Waals surface area contributed by atoms with E-state index in [2.05, 4.69) is 10.6 Å². The van der Waals surface area contributed by atoms with Crippen LogP contribution >= 0.6 is 0 Å². The molecule has 17 heavy (non-hydrogen) atoms. The second-order valence-electron chi connectivity index (χ2n) is 5.01. The van der Waals surface area contributed by atoms with E-state index in [1.54, 1.807) is 20.8 Å². The average molecular weight is 254 g/mol. The summed E-state index contributed by atoms with van der Waals surface area (Å²) in [6, 6.07) is -2.67. The third-order valence-electron chi connectivity index (χ3n) is 2.28. The molecule has 0 unspecified atom stereocenters. The first kappa shape index (κ1) is 14.1. The summed E-state index contributed by atoms with van der Waals surface area (Å²) >= 11 is 0. The molecule has 0 aromatic rings. The molecule has 0 aliphatic carbocycles. The number of alkyl halides is 3. The molecule has 7 heteroatoms. The van der Waals surface area contributed by atoms with Gasteiger partial charge in [0.25, 0.3) is 0 Å². The van der Waals surface area contributed by atoms with Crippen molar-refractivity contribution in [3.8, 4) is 0 Å². The molecule has 2 atom stereocenters. The van der Waals surface area contributed by atoms with Gasteiger partial charge in [-0.05, 0) is 33.7 Å². The fourth-order valence-corrected chi connectivity index (χ4v) is 1.66. The van der Waals surface area contributed by atoms with E-state index in [9.17, 15) is 18.0 Å². The first-order valence-corrected chi connectivity index (χ1v) is 5.39. The summed E-state index contributed by atoms with van der Waals surface area (Å²) in [4.78, 5) is 11.4. The Morgan fingerprint density at radius 1 is 1.35 bits per heavy atom. The second-order valence-corrected chi connectivity index (χ2v) is 5.01. The number of carbonyl (C=O) groups excluding carboxylic acids is 1. The molecule has 1 fully saturated rings. The molecule has 4 nitrogen and oxygen atoms in total. The van der Waals surface area contributed by atoms with Gasteiger partial charge in [-0.1, -0.05) is 0 Å². The van der Waals surface area contributed by atoms with Crippen LogP contribution in [-0.2, 0) is 4.74 Å². The van der Waals surface area contributed by atoms with Gasteiger partial charge in [0.05, 0.1) is 6.04 Å². The highest BCUT2D eigenvalue weighted by atomic mass is 19.4. The second kappa shape index (κ2) is 4.72. The van der Waals surface area contributed by atoms with Crippen molar-refractivity contribution in [2.24, 2.45) is 0 Å². The number of hydrogen-bond acceptors (Lipinski definition) is 3. The number of rotatable bonds is 1. The van der Waals surface area contributed by atoms with E-state index in [0.717, 1.165) is 0 Å². The van der Waals surface area contributed by atoms with Gasteiger partial charge in [0.15, 0.2) is 0 Å². The molecule has 100 valence electrons. The Balaban J connectivity index is 2.54. The predicted molar refractivity (Wildman–Crippen MR) is 55.6 cm³/mol. The Morgan fingerprint density at radius 3 is 2.41 bits per heavy atom. The smallest absolute Gasteiger partial charge is 0.407 e. The lowest BCUT2D eigenvalue weighted by atomic mass is 10.1. The summed E-state index contributed by atoms with van der Waals surface area (Å²) in [5.41, 5.74) is -0.718. The molecule has 1 aliphatic heterocycles. The normalized spacial score (nSPS) is 25.8. The predicted octanol–water partition coefficient (Wildman–Crippen LogP) is 1.80. The van der Waals surface area contributed by atoms with Gasteiger partial charge < -0.3 is 15.4 Å². The standard InChI is InChI=1S/C10H17F3N2O2/c1-9(2,3)17-8(16)15-6-4-5-14-7(6)10(11,12)13/h6-7,14H,4-5H2,1-3H3,(H,15,16)/t6-,7-/m1/s1. The lowest BCUT2D eigenvalue weighted by Crippen LogP contribution is -2.52. The van der Waals surface area contributed by atoms with Gasteiger partial charge in [-0.15, -0.1) is 0 Å². The largest absolute Gasteiger partial charge is 0.444 e. The van der Waals surface area contributed by atoms with Crippen molar-refractivity contribution in [3.05, 3.63) is 0 Å².